The van der Waals surface area contributed by atoms with Gasteiger partial charge in [-0.2, -0.15) is 0 Å². The van der Waals surface area contributed by atoms with Crippen molar-refractivity contribution in [3.8, 4) is 5.75 Å². The third kappa shape index (κ3) is 3.20. The molecule has 1 aromatic carbocycles. The molecule has 94 valence electrons. The molecular formula is C14H21NO2. The van der Waals surface area contributed by atoms with Gasteiger partial charge >= 0.3 is 0 Å². The minimum Gasteiger partial charge on any atom is -0.497 e. The quantitative estimate of drug-likeness (QED) is 0.865. The lowest BCUT2D eigenvalue weighted by Crippen LogP contribution is -2.23. The Morgan fingerprint density at radius 3 is 3.00 bits per heavy atom. The summed E-state index contributed by atoms with van der Waals surface area (Å²) >= 11 is 0. The maximum atomic E-state index is 9.57. The molecule has 1 aliphatic heterocycles. The first kappa shape index (κ1) is 12.4. The van der Waals surface area contributed by atoms with Crippen LogP contribution in [-0.4, -0.2) is 36.3 Å². The highest BCUT2D eigenvalue weighted by Crippen LogP contribution is 2.22. The molecule has 1 fully saturated rings. The van der Waals surface area contributed by atoms with Crippen LogP contribution in [0.3, 0.4) is 0 Å². The van der Waals surface area contributed by atoms with Gasteiger partial charge in [0.05, 0.1) is 13.2 Å². The number of nitrogens with zero attached hydrogens (tertiary/aromatic N) is 1. The third-order valence-corrected chi connectivity index (χ3v) is 3.53. The van der Waals surface area contributed by atoms with Gasteiger partial charge in [0, 0.05) is 13.1 Å². The zero-order valence-electron chi connectivity index (χ0n) is 10.6. The Kier molecular flexibility index (Phi) is 4.02. The number of ether oxygens (including phenoxy) is 1. The van der Waals surface area contributed by atoms with E-state index in [1.54, 1.807) is 7.11 Å². The summed E-state index contributed by atoms with van der Waals surface area (Å²) < 4.78 is 5.22. The molecule has 17 heavy (non-hydrogen) atoms. The molecule has 0 aromatic heterocycles. The highest BCUT2D eigenvalue weighted by Gasteiger charge is 2.25. The van der Waals surface area contributed by atoms with Crippen LogP contribution in [0.1, 0.15) is 18.9 Å². The van der Waals surface area contributed by atoms with Gasteiger partial charge in [-0.1, -0.05) is 12.1 Å². The summed E-state index contributed by atoms with van der Waals surface area (Å²) in [5.74, 6) is 1.34. The van der Waals surface area contributed by atoms with Gasteiger partial charge in [-0.3, -0.25) is 4.90 Å². The average molecular weight is 235 g/mol. The predicted octanol–water partition coefficient (Wildman–Crippen LogP) is 1.90. The average Bonchev–Trinajstić information content (AvgIpc) is 2.78. The molecule has 1 aromatic rings. The number of aliphatic hydroxyl groups excluding tert-OH is 1. The summed E-state index contributed by atoms with van der Waals surface area (Å²) in [7, 11) is 1.69. The molecule has 0 aliphatic carbocycles. The number of methoxy groups -OCH3 is 1. The summed E-state index contributed by atoms with van der Waals surface area (Å²) in [4.78, 5) is 2.40. The SMILES string of the molecule is COc1cccc(CN2CCC(C(C)O)C2)c1. The maximum Gasteiger partial charge on any atom is 0.119 e. The van der Waals surface area contributed by atoms with E-state index in [-0.39, 0.29) is 6.10 Å². The van der Waals surface area contributed by atoms with Crippen LogP contribution in [0.15, 0.2) is 24.3 Å². The third-order valence-electron chi connectivity index (χ3n) is 3.53. The monoisotopic (exact) mass is 235 g/mol. The van der Waals surface area contributed by atoms with Crippen molar-refractivity contribution < 1.29 is 9.84 Å². The molecule has 1 saturated heterocycles. The van der Waals surface area contributed by atoms with Crippen molar-refractivity contribution in [2.24, 2.45) is 5.92 Å². The maximum absolute atomic E-state index is 9.57. The molecule has 0 bridgehead atoms. The van der Waals surface area contributed by atoms with Crippen molar-refractivity contribution in [1.29, 1.82) is 0 Å². The minimum atomic E-state index is -0.190. The van der Waals surface area contributed by atoms with Gasteiger partial charge in [-0.15, -0.1) is 0 Å². The lowest BCUT2D eigenvalue weighted by atomic mass is 10.0. The first-order valence-corrected chi connectivity index (χ1v) is 6.22. The molecule has 0 spiro atoms. The summed E-state index contributed by atoms with van der Waals surface area (Å²) in [5.41, 5.74) is 1.27. The number of benzene rings is 1. The summed E-state index contributed by atoms with van der Waals surface area (Å²) in [5, 5.41) is 9.57. The van der Waals surface area contributed by atoms with Crippen LogP contribution in [0.2, 0.25) is 0 Å². The second-order valence-corrected chi connectivity index (χ2v) is 4.88. The van der Waals surface area contributed by atoms with E-state index in [2.05, 4.69) is 17.0 Å². The fraction of sp³-hybridized carbons (Fsp3) is 0.571. The van der Waals surface area contributed by atoms with Gasteiger partial charge in [0.2, 0.25) is 0 Å². The molecule has 1 aliphatic rings. The Balaban J connectivity index is 1.93. The van der Waals surface area contributed by atoms with Crippen molar-refractivity contribution >= 4 is 0 Å². The Morgan fingerprint density at radius 2 is 2.35 bits per heavy atom. The van der Waals surface area contributed by atoms with Gasteiger partial charge in [-0.25, -0.2) is 0 Å². The number of rotatable bonds is 4. The van der Waals surface area contributed by atoms with Gasteiger partial charge in [0.1, 0.15) is 5.75 Å². The lowest BCUT2D eigenvalue weighted by Gasteiger charge is -2.17. The minimum absolute atomic E-state index is 0.190. The van der Waals surface area contributed by atoms with Crippen molar-refractivity contribution in [3.63, 3.8) is 0 Å². The van der Waals surface area contributed by atoms with Crippen molar-refractivity contribution in [2.45, 2.75) is 26.0 Å². The zero-order valence-corrected chi connectivity index (χ0v) is 10.6. The summed E-state index contributed by atoms with van der Waals surface area (Å²) in [6, 6.07) is 8.19. The van der Waals surface area contributed by atoms with Crippen LogP contribution in [0.5, 0.6) is 5.75 Å². The van der Waals surface area contributed by atoms with Crippen LogP contribution < -0.4 is 4.74 Å². The van der Waals surface area contributed by atoms with E-state index in [4.69, 9.17) is 4.74 Å². The van der Waals surface area contributed by atoms with E-state index in [0.29, 0.717) is 5.92 Å². The molecule has 1 N–H and O–H groups in total. The Bertz CT molecular complexity index is 365. The molecule has 0 amide bonds. The Hall–Kier alpha value is -1.06. The van der Waals surface area contributed by atoms with Gasteiger partial charge < -0.3 is 9.84 Å². The van der Waals surface area contributed by atoms with Crippen LogP contribution in [0.25, 0.3) is 0 Å². The largest absolute Gasteiger partial charge is 0.497 e. The van der Waals surface area contributed by atoms with E-state index in [0.717, 1.165) is 31.8 Å². The van der Waals surface area contributed by atoms with E-state index in [9.17, 15) is 5.11 Å². The van der Waals surface area contributed by atoms with Crippen molar-refractivity contribution in [1.82, 2.24) is 4.90 Å². The molecule has 0 radical (unpaired) electrons. The number of hydrogen-bond acceptors (Lipinski definition) is 3. The lowest BCUT2D eigenvalue weighted by molar-refractivity contribution is 0.127. The fourth-order valence-corrected chi connectivity index (χ4v) is 2.43. The molecule has 3 nitrogen and oxygen atoms in total. The van der Waals surface area contributed by atoms with Gasteiger partial charge in [0.25, 0.3) is 0 Å². The van der Waals surface area contributed by atoms with Crippen LogP contribution >= 0.6 is 0 Å². The number of likely N-dealkylation sites (tertiary alicyclic amines) is 1. The molecule has 2 atom stereocenters. The smallest absolute Gasteiger partial charge is 0.119 e. The predicted molar refractivity (Wildman–Crippen MR) is 68.1 cm³/mol. The fourth-order valence-electron chi connectivity index (χ4n) is 2.43. The van der Waals surface area contributed by atoms with E-state index in [1.165, 1.54) is 5.56 Å². The van der Waals surface area contributed by atoms with Crippen molar-refractivity contribution in [3.05, 3.63) is 29.8 Å². The second-order valence-electron chi connectivity index (χ2n) is 4.88. The molecule has 1 heterocycles. The van der Waals surface area contributed by atoms with Gasteiger partial charge in [0.15, 0.2) is 0 Å². The topological polar surface area (TPSA) is 32.7 Å². The van der Waals surface area contributed by atoms with E-state index >= 15 is 0 Å². The number of aliphatic hydroxyl groups is 1. The first-order valence-electron chi connectivity index (χ1n) is 6.22. The van der Waals surface area contributed by atoms with Crippen molar-refractivity contribution in [2.75, 3.05) is 20.2 Å². The van der Waals surface area contributed by atoms with Crippen LogP contribution in [-0.2, 0) is 6.54 Å². The summed E-state index contributed by atoms with van der Waals surface area (Å²) in [6.07, 6.45) is 0.909. The molecule has 2 unspecified atom stereocenters. The highest BCUT2D eigenvalue weighted by molar-refractivity contribution is 5.28. The second kappa shape index (κ2) is 5.52. The Labute approximate surface area is 103 Å². The zero-order chi connectivity index (χ0) is 12.3. The van der Waals surface area contributed by atoms with E-state index in [1.807, 2.05) is 19.1 Å². The number of hydrogen-bond donors (Lipinski definition) is 1. The van der Waals surface area contributed by atoms with Crippen LogP contribution in [0.4, 0.5) is 0 Å². The Morgan fingerprint density at radius 1 is 1.53 bits per heavy atom. The molecule has 0 saturated carbocycles. The molecule has 2 rings (SSSR count). The highest BCUT2D eigenvalue weighted by atomic mass is 16.5. The van der Waals surface area contributed by atoms with E-state index < -0.39 is 0 Å². The van der Waals surface area contributed by atoms with Gasteiger partial charge in [-0.05, 0) is 43.5 Å². The molecular weight excluding hydrogens is 214 g/mol. The van der Waals surface area contributed by atoms with Crippen LogP contribution in [0, 0.1) is 5.92 Å². The standard InChI is InChI=1S/C14H21NO2/c1-11(16)13-6-7-15(10-13)9-12-4-3-5-14(8-12)17-2/h3-5,8,11,13,16H,6-7,9-10H2,1-2H3. The first-order chi connectivity index (χ1) is 8.19. The normalized spacial score (nSPS) is 22.6. The molecule has 3 heteroatoms. The summed E-state index contributed by atoms with van der Waals surface area (Å²) in [6.45, 7) is 4.90.